The Morgan fingerprint density at radius 3 is 2.48 bits per heavy atom. The zero-order valence-corrected chi connectivity index (χ0v) is 12.7. The van der Waals surface area contributed by atoms with Crippen molar-refractivity contribution >= 4 is 29.4 Å². The highest BCUT2D eigenvalue weighted by Crippen LogP contribution is 2.23. The van der Waals surface area contributed by atoms with Crippen molar-refractivity contribution in [3.05, 3.63) is 65.4 Å². The summed E-state index contributed by atoms with van der Waals surface area (Å²) in [6, 6.07) is 12.6. The summed E-state index contributed by atoms with van der Waals surface area (Å²) in [6.45, 7) is 2.65. The second-order valence-corrected chi connectivity index (χ2v) is 5.65. The maximum Gasteiger partial charge on any atom is 0.488 e. The van der Waals surface area contributed by atoms with Crippen LogP contribution in [0.1, 0.15) is 21.5 Å². The molecule has 3 rings (SSSR count). The highest BCUT2D eigenvalue weighted by molar-refractivity contribution is 6.58. The third-order valence-corrected chi connectivity index (χ3v) is 4.00. The van der Waals surface area contributed by atoms with Crippen LogP contribution in [0.15, 0.2) is 48.7 Å². The minimum absolute atomic E-state index is 0.433. The standard InChI is InChI=1S/C17H17BN2O3/c1-11-9-20(10-12-2-5-14(6-3-12)18(22)23)16-7-4-13(17(19)21)8-15(11)16/h2-9,22-23H,10H2,1H3,(H2,19,21). The van der Waals surface area contributed by atoms with Crippen LogP contribution in [0, 0.1) is 6.92 Å². The summed E-state index contributed by atoms with van der Waals surface area (Å²) in [5.41, 5.74) is 9.45. The van der Waals surface area contributed by atoms with Gasteiger partial charge in [-0.1, -0.05) is 24.3 Å². The zero-order valence-electron chi connectivity index (χ0n) is 12.7. The molecule has 1 aromatic heterocycles. The average Bonchev–Trinajstić information content (AvgIpc) is 2.83. The van der Waals surface area contributed by atoms with Crippen molar-refractivity contribution < 1.29 is 14.8 Å². The summed E-state index contributed by atoms with van der Waals surface area (Å²) in [5, 5.41) is 19.3. The molecular formula is C17H17BN2O3. The Labute approximate surface area is 134 Å². The highest BCUT2D eigenvalue weighted by Gasteiger charge is 2.11. The molecular weight excluding hydrogens is 291 g/mol. The molecule has 23 heavy (non-hydrogen) atoms. The van der Waals surface area contributed by atoms with E-state index in [1.54, 1.807) is 18.2 Å². The van der Waals surface area contributed by atoms with Gasteiger partial charge in [-0.15, -0.1) is 0 Å². The van der Waals surface area contributed by atoms with Gasteiger partial charge in [0.1, 0.15) is 0 Å². The predicted octanol–water partition coefficient (Wildman–Crippen LogP) is 0.777. The fourth-order valence-corrected chi connectivity index (χ4v) is 2.75. The summed E-state index contributed by atoms with van der Waals surface area (Å²) >= 11 is 0. The van der Waals surface area contributed by atoms with Crippen LogP contribution in [0.25, 0.3) is 10.9 Å². The fraction of sp³-hybridized carbons (Fsp3) is 0.118. The second-order valence-electron chi connectivity index (χ2n) is 5.65. The molecule has 1 amide bonds. The summed E-state index contributed by atoms with van der Waals surface area (Å²) in [7, 11) is -1.45. The third kappa shape index (κ3) is 2.99. The van der Waals surface area contributed by atoms with Gasteiger partial charge in [-0.2, -0.15) is 0 Å². The van der Waals surface area contributed by atoms with E-state index in [1.165, 1.54) is 0 Å². The molecule has 0 saturated carbocycles. The van der Waals surface area contributed by atoms with Crippen LogP contribution >= 0.6 is 0 Å². The van der Waals surface area contributed by atoms with Gasteiger partial charge in [-0.25, -0.2) is 0 Å². The first-order valence-corrected chi connectivity index (χ1v) is 7.30. The van der Waals surface area contributed by atoms with E-state index < -0.39 is 13.0 Å². The van der Waals surface area contributed by atoms with Crippen LogP contribution < -0.4 is 11.2 Å². The molecule has 0 spiro atoms. The summed E-state index contributed by atoms with van der Waals surface area (Å²) in [6.07, 6.45) is 2.03. The van der Waals surface area contributed by atoms with Gasteiger partial charge in [0, 0.05) is 29.2 Å². The van der Waals surface area contributed by atoms with Gasteiger partial charge in [-0.3, -0.25) is 4.79 Å². The molecule has 0 aliphatic heterocycles. The van der Waals surface area contributed by atoms with Crippen LogP contribution in [-0.2, 0) is 6.54 Å². The quantitative estimate of drug-likeness (QED) is 0.622. The number of primary amides is 1. The number of amides is 1. The molecule has 0 unspecified atom stereocenters. The number of hydrogen-bond acceptors (Lipinski definition) is 3. The van der Waals surface area contributed by atoms with E-state index in [2.05, 4.69) is 4.57 Å². The minimum atomic E-state index is -1.45. The first-order chi connectivity index (χ1) is 11.0. The molecule has 2 aromatic carbocycles. The molecule has 0 saturated heterocycles. The molecule has 3 aromatic rings. The normalized spacial score (nSPS) is 10.9. The van der Waals surface area contributed by atoms with Crippen LogP contribution in [0.2, 0.25) is 0 Å². The Morgan fingerprint density at radius 1 is 1.17 bits per heavy atom. The molecule has 0 radical (unpaired) electrons. The molecule has 116 valence electrons. The third-order valence-electron chi connectivity index (χ3n) is 4.00. The topological polar surface area (TPSA) is 88.5 Å². The highest BCUT2D eigenvalue weighted by atomic mass is 16.4. The number of nitrogens with two attached hydrogens (primary N) is 1. The van der Waals surface area contributed by atoms with Crippen molar-refractivity contribution in [2.75, 3.05) is 0 Å². The van der Waals surface area contributed by atoms with E-state index in [0.29, 0.717) is 17.6 Å². The number of carbonyl (C=O) groups is 1. The number of nitrogens with zero attached hydrogens (tertiary/aromatic N) is 1. The van der Waals surface area contributed by atoms with Gasteiger partial charge in [0.25, 0.3) is 0 Å². The van der Waals surface area contributed by atoms with E-state index >= 15 is 0 Å². The number of benzene rings is 2. The van der Waals surface area contributed by atoms with Crippen molar-refractivity contribution in [2.45, 2.75) is 13.5 Å². The van der Waals surface area contributed by atoms with Crippen molar-refractivity contribution in [3.8, 4) is 0 Å². The lowest BCUT2D eigenvalue weighted by Crippen LogP contribution is -2.29. The summed E-state index contributed by atoms with van der Waals surface area (Å²) in [4.78, 5) is 11.3. The van der Waals surface area contributed by atoms with Gasteiger partial charge in [0.2, 0.25) is 5.91 Å². The van der Waals surface area contributed by atoms with Crippen LogP contribution in [0.3, 0.4) is 0 Å². The zero-order chi connectivity index (χ0) is 16.6. The SMILES string of the molecule is Cc1cn(Cc2ccc(B(O)O)cc2)c2ccc(C(N)=O)cc12. The number of carbonyl (C=O) groups excluding carboxylic acids is 1. The Morgan fingerprint density at radius 2 is 1.87 bits per heavy atom. The molecule has 0 atom stereocenters. The first kappa shape index (κ1) is 15.3. The van der Waals surface area contributed by atoms with Gasteiger partial charge in [0.05, 0.1) is 0 Å². The number of rotatable bonds is 4. The Bertz CT molecular complexity index is 869. The number of hydrogen-bond donors (Lipinski definition) is 3. The van der Waals surface area contributed by atoms with Gasteiger partial charge in [0.15, 0.2) is 0 Å². The smallest absolute Gasteiger partial charge is 0.423 e. The number of aryl methyl sites for hydroxylation is 1. The van der Waals surface area contributed by atoms with Crippen LogP contribution in [-0.4, -0.2) is 27.6 Å². The van der Waals surface area contributed by atoms with Crippen LogP contribution in [0.5, 0.6) is 0 Å². The number of aromatic nitrogens is 1. The Hall–Kier alpha value is -2.57. The average molecular weight is 308 g/mol. The van der Waals surface area contributed by atoms with Crippen molar-refractivity contribution in [3.63, 3.8) is 0 Å². The van der Waals surface area contributed by atoms with E-state index in [9.17, 15) is 4.79 Å². The molecule has 0 aliphatic rings. The Kier molecular flexibility index (Phi) is 3.94. The van der Waals surface area contributed by atoms with Gasteiger partial charge >= 0.3 is 7.12 Å². The maximum absolute atomic E-state index is 11.3. The molecule has 0 fully saturated rings. The molecule has 0 aliphatic carbocycles. The Balaban J connectivity index is 1.95. The lowest BCUT2D eigenvalue weighted by molar-refractivity contribution is 0.100. The fourth-order valence-electron chi connectivity index (χ4n) is 2.75. The number of fused-ring (bicyclic) bond motifs is 1. The molecule has 4 N–H and O–H groups in total. The van der Waals surface area contributed by atoms with Crippen molar-refractivity contribution in [1.82, 2.24) is 4.57 Å². The monoisotopic (exact) mass is 308 g/mol. The second kappa shape index (κ2) is 5.91. The first-order valence-electron chi connectivity index (χ1n) is 7.30. The minimum Gasteiger partial charge on any atom is -0.423 e. The molecule has 0 bridgehead atoms. The van der Waals surface area contributed by atoms with E-state index in [1.807, 2.05) is 37.4 Å². The van der Waals surface area contributed by atoms with E-state index in [-0.39, 0.29) is 0 Å². The van der Waals surface area contributed by atoms with Gasteiger partial charge < -0.3 is 20.3 Å². The van der Waals surface area contributed by atoms with E-state index in [4.69, 9.17) is 15.8 Å². The lowest BCUT2D eigenvalue weighted by atomic mass is 9.80. The van der Waals surface area contributed by atoms with Crippen molar-refractivity contribution in [2.24, 2.45) is 5.73 Å². The summed E-state index contributed by atoms with van der Waals surface area (Å²) < 4.78 is 2.10. The van der Waals surface area contributed by atoms with Crippen molar-refractivity contribution in [1.29, 1.82) is 0 Å². The largest absolute Gasteiger partial charge is 0.488 e. The molecule has 1 heterocycles. The summed E-state index contributed by atoms with van der Waals surface area (Å²) in [5.74, 6) is -0.433. The van der Waals surface area contributed by atoms with E-state index in [0.717, 1.165) is 22.0 Å². The lowest BCUT2D eigenvalue weighted by Gasteiger charge is -2.07. The maximum atomic E-state index is 11.3. The predicted molar refractivity (Wildman–Crippen MR) is 90.6 cm³/mol. The molecule has 6 heteroatoms. The van der Waals surface area contributed by atoms with Crippen LogP contribution in [0.4, 0.5) is 0 Å². The molecule has 5 nitrogen and oxygen atoms in total. The van der Waals surface area contributed by atoms with Gasteiger partial charge in [-0.05, 0) is 41.7 Å².